The maximum absolute atomic E-state index is 11.7. The van der Waals surface area contributed by atoms with Crippen LogP contribution in [0, 0.1) is 13.8 Å². The van der Waals surface area contributed by atoms with Crippen LogP contribution < -0.4 is 0 Å². The van der Waals surface area contributed by atoms with E-state index in [0.717, 1.165) is 24.0 Å². The van der Waals surface area contributed by atoms with Crippen LogP contribution in [0.25, 0.3) is 0 Å². The van der Waals surface area contributed by atoms with Crippen molar-refractivity contribution in [2.75, 3.05) is 6.61 Å². The molecule has 0 aromatic heterocycles. The van der Waals surface area contributed by atoms with Gasteiger partial charge in [-0.3, -0.25) is 4.89 Å². The first kappa shape index (κ1) is 14.7. The lowest BCUT2D eigenvalue weighted by Gasteiger charge is -2.06. The molecule has 3 heteroatoms. The lowest BCUT2D eigenvalue weighted by atomic mass is 10.1. The van der Waals surface area contributed by atoms with Gasteiger partial charge in [-0.1, -0.05) is 43.9 Å². The Kier molecular flexibility index (Phi) is 6.44. The molecule has 0 unspecified atom stereocenters. The average molecular weight is 250 g/mol. The fraction of sp³-hybridized carbons (Fsp3) is 0.533. The number of carbonyl (C=O) groups is 1. The maximum atomic E-state index is 11.7. The van der Waals surface area contributed by atoms with E-state index >= 15 is 0 Å². The maximum Gasteiger partial charge on any atom is 0.373 e. The Morgan fingerprint density at radius 1 is 1.17 bits per heavy atom. The Morgan fingerprint density at radius 3 is 2.61 bits per heavy atom. The van der Waals surface area contributed by atoms with Crippen molar-refractivity contribution in [3.8, 4) is 0 Å². The van der Waals surface area contributed by atoms with Crippen molar-refractivity contribution in [1.82, 2.24) is 0 Å². The molecular weight excluding hydrogens is 228 g/mol. The van der Waals surface area contributed by atoms with Gasteiger partial charge in [0.1, 0.15) is 0 Å². The lowest BCUT2D eigenvalue weighted by molar-refractivity contribution is -0.241. The van der Waals surface area contributed by atoms with E-state index in [0.29, 0.717) is 12.2 Å². The first-order chi connectivity index (χ1) is 8.65. The summed E-state index contributed by atoms with van der Waals surface area (Å²) in [5.74, 6) is -0.414. The first-order valence-electron chi connectivity index (χ1n) is 6.56. The monoisotopic (exact) mass is 250 g/mol. The zero-order valence-corrected chi connectivity index (χ0v) is 11.5. The molecule has 1 aromatic carbocycles. The van der Waals surface area contributed by atoms with Crippen LogP contribution in [0.15, 0.2) is 18.2 Å². The molecule has 1 rings (SSSR count). The Morgan fingerprint density at radius 2 is 1.94 bits per heavy atom. The van der Waals surface area contributed by atoms with Gasteiger partial charge in [-0.05, 0) is 31.9 Å². The summed E-state index contributed by atoms with van der Waals surface area (Å²) in [7, 11) is 0. The second-order valence-corrected chi connectivity index (χ2v) is 4.57. The van der Waals surface area contributed by atoms with Crippen LogP contribution in [-0.4, -0.2) is 12.6 Å². The van der Waals surface area contributed by atoms with Crippen LogP contribution in [0.5, 0.6) is 0 Å². The van der Waals surface area contributed by atoms with Crippen molar-refractivity contribution >= 4 is 5.97 Å². The van der Waals surface area contributed by atoms with Crippen LogP contribution in [-0.2, 0) is 9.78 Å². The molecule has 0 saturated heterocycles. The Bertz CT molecular complexity index is 385. The van der Waals surface area contributed by atoms with Crippen molar-refractivity contribution < 1.29 is 14.6 Å². The Hall–Kier alpha value is -1.35. The number of hydrogen-bond acceptors (Lipinski definition) is 3. The summed E-state index contributed by atoms with van der Waals surface area (Å²) in [5.41, 5.74) is 2.60. The van der Waals surface area contributed by atoms with Gasteiger partial charge in [-0.25, -0.2) is 4.79 Å². The van der Waals surface area contributed by atoms with Crippen LogP contribution in [0.3, 0.4) is 0 Å². The minimum absolute atomic E-state index is 0.414. The molecule has 0 amide bonds. The zero-order valence-electron chi connectivity index (χ0n) is 11.5. The third kappa shape index (κ3) is 4.88. The third-order valence-corrected chi connectivity index (χ3v) is 2.82. The van der Waals surface area contributed by atoms with Crippen LogP contribution in [0.2, 0.25) is 0 Å². The van der Waals surface area contributed by atoms with Gasteiger partial charge in [-0.2, -0.15) is 4.89 Å². The quantitative estimate of drug-likeness (QED) is 0.417. The summed E-state index contributed by atoms with van der Waals surface area (Å²) in [5, 5.41) is 0. The molecule has 0 spiro atoms. The minimum atomic E-state index is -0.414. The van der Waals surface area contributed by atoms with Gasteiger partial charge in [0, 0.05) is 0 Å². The molecule has 0 fully saturated rings. The van der Waals surface area contributed by atoms with Gasteiger partial charge < -0.3 is 0 Å². The Labute approximate surface area is 109 Å². The second kappa shape index (κ2) is 7.88. The highest BCUT2D eigenvalue weighted by Gasteiger charge is 2.11. The highest BCUT2D eigenvalue weighted by atomic mass is 17.2. The number of hydrogen-bond donors (Lipinski definition) is 0. The molecule has 1 aromatic rings. The molecular formula is C15H22O3. The summed E-state index contributed by atoms with van der Waals surface area (Å²) < 4.78 is 0. The van der Waals surface area contributed by atoms with E-state index in [1.165, 1.54) is 12.8 Å². The third-order valence-electron chi connectivity index (χ3n) is 2.82. The predicted molar refractivity (Wildman–Crippen MR) is 71.4 cm³/mol. The van der Waals surface area contributed by atoms with Crippen molar-refractivity contribution in [2.45, 2.75) is 46.5 Å². The topological polar surface area (TPSA) is 35.5 Å². The predicted octanol–water partition coefficient (Wildman–Crippen LogP) is 3.97. The summed E-state index contributed by atoms with van der Waals surface area (Å²) in [6.07, 6.45) is 4.41. The number of rotatable bonds is 7. The van der Waals surface area contributed by atoms with E-state index in [-0.39, 0.29) is 0 Å². The fourth-order valence-corrected chi connectivity index (χ4v) is 1.77. The molecule has 0 aliphatic carbocycles. The van der Waals surface area contributed by atoms with E-state index in [1.54, 1.807) is 6.07 Å². The van der Waals surface area contributed by atoms with Crippen LogP contribution in [0.1, 0.15) is 54.1 Å². The van der Waals surface area contributed by atoms with E-state index in [1.807, 2.05) is 26.0 Å². The second-order valence-electron chi connectivity index (χ2n) is 4.57. The van der Waals surface area contributed by atoms with Crippen molar-refractivity contribution in [1.29, 1.82) is 0 Å². The smallest absolute Gasteiger partial charge is 0.293 e. The number of benzene rings is 1. The summed E-state index contributed by atoms with van der Waals surface area (Å²) in [4.78, 5) is 21.4. The Balaban J connectivity index is 2.32. The first-order valence-corrected chi connectivity index (χ1v) is 6.56. The molecule has 18 heavy (non-hydrogen) atoms. The molecule has 0 N–H and O–H groups in total. The molecule has 3 nitrogen and oxygen atoms in total. The van der Waals surface area contributed by atoms with Gasteiger partial charge in [0.05, 0.1) is 12.2 Å². The van der Waals surface area contributed by atoms with Crippen LogP contribution in [0.4, 0.5) is 0 Å². The van der Waals surface area contributed by atoms with E-state index < -0.39 is 5.97 Å². The standard InChI is InChI=1S/C15H22O3/c1-4-5-6-7-10-17-18-15(16)14-9-8-12(2)11-13(14)3/h8-9,11H,4-7,10H2,1-3H3. The van der Waals surface area contributed by atoms with Gasteiger partial charge in [0.15, 0.2) is 0 Å². The molecule has 100 valence electrons. The van der Waals surface area contributed by atoms with Crippen molar-refractivity contribution in [3.05, 3.63) is 34.9 Å². The number of unbranched alkanes of at least 4 members (excludes halogenated alkanes) is 3. The van der Waals surface area contributed by atoms with E-state index in [2.05, 4.69) is 6.92 Å². The van der Waals surface area contributed by atoms with Crippen LogP contribution >= 0.6 is 0 Å². The van der Waals surface area contributed by atoms with Gasteiger partial charge >= 0.3 is 5.97 Å². The molecule has 0 radical (unpaired) electrons. The molecule has 0 saturated carbocycles. The largest absolute Gasteiger partial charge is 0.373 e. The van der Waals surface area contributed by atoms with E-state index in [9.17, 15) is 4.79 Å². The molecule has 0 atom stereocenters. The lowest BCUT2D eigenvalue weighted by Crippen LogP contribution is -2.08. The molecule has 0 aliphatic heterocycles. The number of carbonyl (C=O) groups excluding carboxylic acids is 1. The SMILES string of the molecule is CCCCCCOOC(=O)c1ccc(C)cc1C. The van der Waals surface area contributed by atoms with E-state index in [4.69, 9.17) is 9.78 Å². The normalized spacial score (nSPS) is 10.4. The fourth-order valence-electron chi connectivity index (χ4n) is 1.77. The molecule has 0 aliphatic rings. The number of aryl methyl sites for hydroxylation is 2. The molecule has 0 bridgehead atoms. The molecule has 0 heterocycles. The summed E-state index contributed by atoms with van der Waals surface area (Å²) in [6.45, 7) is 6.51. The summed E-state index contributed by atoms with van der Waals surface area (Å²) >= 11 is 0. The minimum Gasteiger partial charge on any atom is -0.293 e. The van der Waals surface area contributed by atoms with Crippen molar-refractivity contribution in [3.63, 3.8) is 0 Å². The highest BCUT2D eigenvalue weighted by molar-refractivity contribution is 5.90. The zero-order chi connectivity index (χ0) is 13.4. The van der Waals surface area contributed by atoms with Gasteiger partial charge in [0.25, 0.3) is 0 Å². The van der Waals surface area contributed by atoms with Gasteiger partial charge in [0.2, 0.25) is 0 Å². The van der Waals surface area contributed by atoms with Gasteiger partial charge in [-0.15, -0.1) is 0 Å². The van der Waals surface area contributed by atoms with Crippen molar-refractivity contribution in [2.24, 2.45) is 0 Å². The summed E-state index contributed by atoms with van der Waals surface area (Å²) in [6, 6.07) is 5.62. The highest BCUT2D eigenvalue weighted by Crippen LogP contribution is 2.12. The average Bonchev–Trinajstić information content (AvgIpc) is 2.33.